The molecule has 3 nitrogen and oxygen atoms in total. The number of hydrogen-bond donors (Lipinski definition) is 0. The second-order valence-corrected chi connectivity index (χ2v) is 2.28. The Kier molecular flexibility index (Phi) is 7.44. The van der Waals surface area contributed by atoms with Crippen LogP contribution in [0.4, 0.5) is 0 Å². The standard InChI is InChI=1S/C9H16O3/c1-3-5-7-11-8-6-9(10)12-4-2/h6,8H,3-5,7H2,1-2H3. The number of unbranched alkanes of at least 4 members (excludes halogenated alkanes) is 1. The summed E-state index contributed by atoms with van der Waals surface area (Å²) >= 11 is 0. The molecule has 0 bridgehead atoms. The molecule has 0 aromatic rings. The predicted octanol–water partition coefficient (Wildman–Crippen LogP) is 1.88. The lowest BCUT2D eigenvalue weighted by Gasteiger charge is -1.97. The fourth-order valence-electron chi connectivity index (χ4n) is 0.590. The highest BCUT2D eigenvalue weighted by molar-refractivity contribution is 5.81. The Morgan fingerprint density at radius 1 is 1.42 bits per heavy atom. The molecule has 0 unspecified atom stereocenters. The van der Waals surface area contributed by atoms with E-state index in [1.54, 1.807) is 6.92 Å². The first-order chi connectivity index (χ1) is 5.81. The van der Waals surface area contributed by atoms with Crippen molar-refractivity contribution in [3.8, 4) is 0 Å². The van der Waals surface area contributed by atoms with E-state index in [1.165, 1.54) is 12.3 Å². The van der Waals surface area contributed by atoms with Gasteiger partial charge in [0, 0.05) is 0 Å². The third kappa shape index (κ3) is 7.12. The summed E-state index contributed by atoms with van der Waals surface area (Å²) in [5, 5.41) is 0. The minimum Gasteiger partial charge on any atom is -0.501 e. The number of ether oxygens (including phenoxy) is 2. The maximum absolute atomic E-state index is 10.7. The molecule has 0 amide bonds. The van der Waals surface area contributed by atoms with E-state index in [4.69, 9.17) is 4.74 Å². The van der Waals surface area contributed by atoms with Gasteiger partial charge in [-0.2, -0.15) is 0 Å². The van der Waals surface area contributed by atoms with Gasteiger partial charge in [0.05, 0.1) is 25.6 Å². The maximum Gasteiger partial charge on any atom is 0.333 e. The molecule has 0 saturated carbocycles. The number of carbonyl (C=O) groups is 1. The van der Waals surface area contributed by atoms with Crippen molar-refractivity contribution >= 4 is 5.97 Å². The summed E-state index contributed by atoms with van der Waals surface area (Å²) in [5.74, 6) is -0.353. The first kappa shape index (κ1) is 11.0. The summed E-state index contributed by atoms with van der Waals surface area (Å²) < 4.78 is 9.65. The average molecular weight is 172 g/mol. The zero-order valence-electron chi connectivity index (χ0n) is 7.71. The molecule has 0 spiro atoms. The molecule has 0 aliphatic carbocycles. The van der Waals surface area contributed by atoms with Gasteiger partial charge < -0.3 is 9.47 Å². The van der Waals surface area contributed by atoms with Gasteiger partial charge in [-0.1, -0.05) is 13.3 Å². The molecule has 0 N–H and O–H groups in total. The Morgan fingerprint density at radius 2 is 2.17 bits per heavy atom. The van der Waals surface area contributed by atoms with Gasteiger partial charge in [0.1, 0.15) is 0 Å². The molecule has 70 valence electrons. The van der Waals surface area contributed by atoms with Crippen LogP contribution < -0.4 is 0 Å². The lowest BCUT2D eigenvalue weighted by molar-refractivity contribution is -0.137. The molecule has 0 aromatic heterocycles. The largest absolute Gasteiger partial charge is 0.501 e. The first-order valence-corrected chi connectivity index (χ1v) is 4.26. The highest BCUT2D eigenvalue weighted by Gasteiger charge is 1.91. The van der Waals surface area contributed by atoms with E-state index in [0.29, 0.717) is 13.2 Å². The molecule has 12 heavy (non-hydrogen) atoms. The maximum atomic E-state index is 10.7. The summed E-state index contributed by atoms with van der Waals surface area (Å²) in [6, 6.07) is 0. The Morgan fingerprint density at radius 3 is 2.75 bits per heavy atom. The molecule has 0 saturated heterocycles. The van der Waals surface area contributed by atoms with Gasteiger partial charge in [0.2, 0.25) is 0 Å². The summed E-state index contributed by atoms with van der Waals surface area (Å²) in [4.78, 5) is 10.7. The predicted molar refractivity (Wildman–Crippen MR) is 46.6 cm³/mol. The molecule has 0 aliphatic rings. The molecule has 0 atom stereocenters. The van der Waals surface area contributed by atoms with Crippen molar-refractivity contribution in [2.24, 2.45) is 0 Å². The van der Waals surface area contributed by atoms with E-state index in [2.05, 4.69) is 11.7 Å². The fraction of sp³-hybridized carbons (Fsp3) is 0.667. The van der Waals surface area contributed by atoms with Crippen LogP contribution in [0.5, 0.6) is 0 Å². The molecule has 0 radical (unpaired) electrons. The molecule has 0 fully saturated rings. The van der Waals surface area contributed by atoms with E-state index in [9.17, 15) is 4.79 Å². The van der Waals surface area contributed by atoms with Gasteiger partial charge >= 0.3 is 5.97 Å². The highest BCUT2D eigenvalue weighted by atomic mass is 16.5. The highest BCUT2D eigenvalue weighted by Crippen LogP contribution is 1.89. The van der Waals surface area contributed by atoms with E-state index in [1.807, 2.05) is 0 Å². The third-order valence-corrected chi connectivity index (χ3v) is 1.20. The van der Waals surface area contributed by atoms with E-state index in [-0.39, 0.29) is 5.97 Å². The number of rotatable bonds is 6. The van der Waals surface area contributed by atoms with Crippen molar-refractivity contribution in [1.82, 2.24) is 0 Å². The molecule has 0 aliphatic heterocycles. The van der Waals surface area contributed by atoms with E-state index < -0.39 is 0 Å². The molecule has 0 aromatic carbocycles. The SMILES string of the molecule is CCCCOC=CC(=O)OCC. The van der Waals surface area contributed by atoms with Crippen LogP contribution in [0.15, 0.2) is 12.3 Å². The number of esters is 1. The van der Waals surface area contributed by atoms with Gasteiger partial charge in [-0.3, -0.25) is 0 Å². The first-order valence-electron chi connectivity index (χ1n) is 4.26. The van der Waals surface area contributed by atoms with Crippen LogP contribution in [0.25, 0.3) is 0 Å². The van der Waals surface area contributed by atoms with Crippen molar-refractivity contribution in [3.05, 3.63) is 12.3 Å². The van der Waals surface area contributed by atoms with Crippen LogP contribution in [0, 0.1) is 0 Å². The molecule has 0 rings (SSSR count). The lowest BCUT2D eigenvalue weighted by atomic mass is 10.4. The normalized spacial score (nSPS) is 10.2. The Labute approximate surface area is 73.4 Å². The molecule has 3 heteroatoms. The van der Waals surface area contributed by atoms with Crippen molar-refractivity contribution in [2.45, 2.75) is 26.7 Å². The zero-order chi connectivity index (χ0) is 9.23. The second-order valence-electron chi connectivity index (χ2n) is 2.28. The number of carbonyl (C=O) groups excluding carboxylic acids is 1. The minimum absolute atomic E-state index is 0.353. The second kappa shape index (κ2) is 8.11. The molecular formula is C9H16O3. The van der Waals surface area contributed by atoms with Gasteiger partial charge in [-0.05, 0) is 13.3 Å². The fourth-order valence-corrected chi connectivity index (χ4v) is 0.590. The summed E-state index contributed by atoms with van der Waals surface area (Å²) in [6.07, 6.45) is 4.77. The summed E-state index contributed by atoms with van der Waals surface area (Å²) in [6.45, 7) is 4.91. The van der Waals surface area contributed by atoms with Crippen LogP contribution in [0.2, 0.25) is 0 Å². The Hall–Kier alpha value is -0.990. The number of hydrogen-bond acceptors (Lipinski definition) is 3. The zero-order valence-corrected chi connectivity index (χ0v) is 7.71. The van der Waals surface area contributed by atoms with Crippen molar-refractivity contribution < 1.29 is 14.3 Å². The van der Waals surface area contributed by atoms with Crippen molar-refractivity contribution in [3.63, 3.8) is 0 Å². The van der Waals surface area contributed by atoms with Gasteiger partial charge in [-0.25, -0.2) is 4.79 Å². The minimum atomic E-state index is -0.353. The quantitative estimate of drug-likeness (QED) is 0.265. The van der Waals surface area contributed by atoms with Crippen molar-refractivity contribution in [2.75, 3.05) is 13.2 Å². The molecule has 0 heterocycles. The Bertz CT molecular complexity index is 141. The topological polar surface area (TPSA) is 35.5 Å². The average Bonchev–Trinajstić information content (AvgIpc) is 2.05. The van der Waals surface area contributed by atoms with Crippen LogP contribution in [0.1, 0.15) is 26.7 Å². The van der Waals surface area contributed by atoms with E-state index >= 15 is 0 Å². The van der Waals surface area contributed by atoms with Crippen LogP contribution in [-0.2, 0) is 14.3 Å². The lowest BCUT2D eigenvalue weighted by Crippen LogP contribution is -1.99. The van der Waals surface area contributed by atoms with Crippen LogP contribution in [0.3, 0.4) is 0 Å². The summed E-state index contributed by atoms with van der Waals surface area (Å²) in [7, 11) is 0. The van der Waals surface area contributed by atoms with Crippen molar-refractivity contribution in [1.29, 1.82) is 0 Å². The summed E-state index contributed by atoms with van der Waals surface area (Å²) in [5.41, 5.74) is 0. The van der Waals surface area contributed by atoms with Gasteiger partial charge in [0.15, 0.2) is 0 Å². The van der Waals surface area contributed by atoms with Crippen LogP contribution >= 0.6 is 0 Å². The van der Waals surface area contributed by atoms with Crippen LogP contribution in [-0.4, -0.2) is 19.2 Å². The Balaban J connectivity index is 3.29. The van der Waals surface area contributed by atoms with Gasteiger partial charge in [-0.15, -0.1) is 0 Å². The molecular weight excluding hydrogens is 156 g/mol. The van der Waals surface area contributed by atoms with E-state index in [0.717, 1.165) is 12.8 Å². The third-order valence-electron chi connectivity index (χ3n) is 1.20. The monoisotopic (exact) mass is 172 g/mol. The smallest absolute Gasteiger partial charge is 0.333 e. The van der Waals surface area contributed by atoms with Gasteiger partial charge in [0.25, 0.3) is 0 Å².